The number of rotatable bonds is 4. The van der Waals surface area contributed by atoms with E-state index in [9.17, 15) is 13.6 Å². The number of likely N-dealkylation sites (tertiary alicyclic amines) is 1. The molecule has 0 aromatic rings. The molecule has 0 aromatic heterocycles. The number of hydrogen-bond donors (Lipinski definition) is 1. The molecule has 0 spiro atoms. The number of nitrogens with zero attached hydrogens (tertiary/aromatic N) is 1. The van der Waals surface area contributed by atoms with E-state index < -0.39 is 17.3 Å². The standard InChI is InChI=1S/C11H19F2NO2/c1-10(2,9(15)16)5-7-14-6-3-4-11(12,13)8-14/h3-8H2,1-2H3,(H,15,16). The summed E-state index contributed by atoms with van der Waals surface area (Å²) in [5.74, 6) is -3.48. The van der Waals surface area contributed by atoms with Gasteiger partial charge in [-0.1, -0.05) is 0 Å². The van der Waals surface area contributed by atoms with Crippen molar-refractivity contribution in [3.63, 3.8) is 0 Å². The van der Waals surface area contributed by atoms with E-state index in [-0.39, 0.29) is 13.0 Å². The number of carboxylic acids is 1. The average Bonchev–Trinajstić information content (AvgIpc) is 2.13. The minimum atomic E-state index is -2.61. The van der Waals surface area contributed by atoms with Crippen molar-refractivity contribution in [1.29, 1.82) is 0 Å². The molecule has 0 amide bonds. The molecule has 0 aliphatic carbocycles. The van der Waals surface area contributed by atoms with Gasteiger partial charge in [-0.05, 0) is 39.8 Å². The largest absolute Gasteiger partial charge is 0.481 e. The van der Waals surface area contributed by atoms with Crippen LogP contribution in [0, 0.1) is 5.41 Å². The van der Waals surface area contributed by atoms with E-state index in [0.29, 0.717) is 25.9 Å². The van der Waals surface area contributed by atoms with Gasteiger partial charge >= 0.3 is 5.97 Å². The van der Waals surface area contributed by atoms with Crippen LogP contribution in [0.1, 0.15) is 33.1 Å². The predicted octanol–water partition coefficient (Wildman–Crippen LogP) is 2.22. The Morgan fingerprint density at radius 3 is 2.62 bits per heavy atom. The van der Waals surface area contributed by atoms with Crippen molar-refractivity contribution in [2.75, 3.05) is 19.6 Å². The Hall–Kier alpha value is -0.710. The smallest absolute Gasteiger partial charge is 0.309 e. The molecular formula is C11H19F2NO2. The molecule has 1 rings (SSSR count). The Labute approximate surface area is 94.4 Å². The quantitative estimate of drug-likeness (QED) is 0.812. The Bertz CT molecular complexity index is 267. The van der Waals surface area contributed by atoms with Crippen LogP contribution in [0.4, 0.5) is 8.78 Å². The van der Waals surface area contributed by atoms with Gasteiger partial charge in [0.15, 0.2) is 0 Å². The highest BCUT2D eigenvalue weighted by atomic mass is 19.3. The molecule has 1 aliphatic heterocycles. The number of alkyl halides is 2. The van der Waals surface area contributed by atoms with E-state index in [1.165, 1.54) is 0 Å². The Kier molecular flexibility index (Phi) is 3.88. The molecule has 3 nitrogen and oxygen atoms in total. The first kappa shape index (κ1) is 13.4. The van der Waals surface area contributed by atoms with Gasteiger partial charge in [0.2, 0.25) is 0 Å². The third-order valence-corrected chi connectivity index (χ3v) is 3.10. The van der Waals surface area contributed by atoms with Crippen LogP contribution in [0.5, 0.6) is 0 Å². The molecule has 1 saturated heterocycles. The highest BCUT2D eigenvalue weighted by molar-refractivity contribution is 5.73. The number of carbonyl (C=O) groups is 1. The Morgan fingerprint density at radius 2 is 2.12 bits per heavy atom. The first-order chi connectivity index (χ1) is 7.23. The van der Waals surface area contributed by atoms with Crippen molar-refractivity contribution in [3.8, 4) is 0 Å². The summed E-state index contributed by atoms with van der Waals surface area (Å²) in [6.07, 6.45) is 0.838. The summed E-state index contributed by atoms with van der Waals surface area (Å²) in [4.78, 5) is 12.5. The van der Waals surface area contributed by atoms with Gasteiger partial charge in [0, 0.05) is 6.42 Å². The SMILES string of the molecule is CC(C)(CCN1CCCC(F)(F)C1)C(=O)O. The maximum atomic E-state index is 13.1. The lowest BCUT2D eigenvalue weighted by Crippen LogP contribution is -2.44. The molecule has 1 fully saturated rings. The molecule has 94 valence electrons. The maximum absolute atomic E-state index is 13.1. The van der Waals surface area contributed by atoms with Crippen molar-refractivity contribution in [1.82, 2.24) is 4.90 Å². The van der Waals surface area contributed by atoms with E-state index in [0.717, 1.165) is 0 Å². The second-order valence-corrected chi connectivity index (χ2v) is 5.17. The number of aliphatic carboxylic acids is 1. The van der Waals surface area contributed by atoms with E-state index in [1.54, 1.807) is 18.7 Å². The normalized spacial score (nSPS) is 22.0. The molecule has 1 aliphatic rings. The van der Waals surface area contributed by atoms with Gasteiger partial charge < -0.3 is 5.11 Å². The predicted molar refractivity (Wildman–Crippen MR) is 56.7 cm³/mol. The number of piperidine rings is 1. The number of hydrogen-bond acceptors (Lipinski definition) is 2. The molecular weight excluding hydrogens is 216 g/mol. The lowest BCUT2D eigenvalue weighted by molar-refractivity contribution is -0.147. The molecule has 1 N–H and O–H groups in total. The second-order valence-electron chi connectivity index (χ2n) is 5.17. The van der Waals surface area contributed by atoms with Gasteiger partial charge in [-0.2, -0.15) is 0 Å². The van der Waals surface area contributed by atoms with Gasteiger partial charge in [-0.25, -0.2) is 8.78 Å². The van der Waals surface area contributed by atoms with Crippen molar-refractivity contribution in [3.05, 3.63) is 0 Å². The summed E-state index contributed by atoms with van der Waals surface area (Å²) < 4.78 is 26.2. The van der Waals surface area contributed by atoms with Gasteiger partial charge in [-0.3, -0.25) is 9.69 Å². The first-order valence-corrected chi connectivity index (χ1v) is 5.57. The van der Waals surface area contributed by atoms with Gasteiger partial charge in [0.25, 0.3) is 5.92 Å². The van der Waals surface area contributed by atoms with Crippen LogP contribution in [0.25, 0.3) is 0 Å². The third-order valence-electron chi connectivity index (χ3n) is 3.10. The van der Waals surface area contributed by atoms with Crippen LogP contribution in [-0.2, 0) is 4.79 Å². The number of carboxylic acid groups (broad SMARTS) is 1. The minimum Gasteiger partial charge on any atom is -0.481 e. The Balaban J connectivity index is 2.41. The summed E-state index contributed by atoms with van der Waals surface area (Å²) in [5.41, 5.74) is -0.841. The fraction of sp³-hybridized carbons (Fsp3) is 0.909. The Morgan fingerprint density at radius 1 is 1.50 bits per heavy atom. The average molecular weight is 235 g/mol. The zero-order chi connectivity index (χ0) is 12.4. The first-order valence-electron chi connectivity index (χ1n) is 5.57. The van der Waals surface area contributed by atoms with E-state index in [4.69, 9.17) is 5.11 Å². The molecule has 5 heteroatoms. The molecule has 0 radical (unpaired) electrons. The molecule has 16 heavy (non-hydrogen) atoms. The highest BCUT2D eigenvalue weighted by Gasteiger charge is 2.36. The van der Waals surface area contributed by atoms with Crippen LogP contribution in [-0.4, -0.2) is 41.5 Å². The molecule has 0 unspecified atom stereocenters. The zero-order valence-electron chi connectivity index (χ0n) is 9.80. The van der Waals surface area contributed by atoms with E-state index in [1.807, 2.05) is 0 Å². The monoisotopic (exact) mass is 235 g/mol. The number of halogens is 2. The second kappa shape index (κ2) is 4.65. The lowest BCUT2D eigenvalue weighted by atomic mass is 9.89. The highest BCUT2D eigenvalue weighted by Crippen LogP contribution is 2.28. The van der Waals surface area contributed by atoms with Crippen molar-refractivity contribution >= 4 is 5.97 Å². The molecule has 0 atom stereocenters. The van der Waals surface area contributed by atoms with Crippen LogP contribution in [0.2, 0.25) is 0 Å². The van der Waals surface area contributed by atoms with Crippen LogP contribution in [0.3, 0.4) is 0 Å². The molecule has 1 heterocycles. The summed E-state index contributed by atoms with van der Waals surface area (Å²) >= 11 is 0. The molecule has 0 aromatic carbocycles. The third kappa shape index (κ3) is 3.70. The maximum Gasteiger partial charge on any atom is 0.309 e. The minimum absolute atomic E-state index is 0.0498. The zero-order valence-corrected chi connectivity index (χ0v) is 9.80. The summed E-state index contributed by atoms with van der Waals surface area (Å²) in [7, 11) is 0. The van der Waals surface area contributed by atoms with E-state index in [2.05, 4.69) is 0 Å². The fourth-order valence-electron chi connectivity index (χ4n) is 1.78. The molecule has 0 bridgehead atoms. The summed E-state index contributed by atoms with van der Waals surface area (Å²) in [6.45, 7) is 4.08. The van der Waals surface area contributed by atoms with Crippen LogP contribution < -0.4 is 0 Å². The van der Waals surface area contributed by atoms with Gasteiger partial charge in [-0.15, -0.1) is 0 Å². The van der Waals surface area contributed by atoms with Crippen molar-refractivity contribution < 1.29 is 18.7 Å². The van der Waals surface area contributed by atoms with Crippen LogP contribution >= 0.6 is 0 Å². The van der Waals surface area contributed by atoms with Crippen LogP contribution in [0.15, 0.2) is 0 Å². The molecule has 0 saturated carbocycles. The van der Waals surface area contributed by atoms with Crippen molar-refractivity contribution in [2.45, 2.75) is 39.0 Å². The topological polar surface area (TPSA) is 40.5 Å². The van der Waals surface area contributed by atoms with Gasteiger partial charge in [0.1, 0.15) is 0 Å². The fourth-order valence-corrected chi connectivity index (χ4v) is 1.78. The summed E-state index contributed by atoms with van der Waals surface area (Å²) in [5, 5.41) is 8.91. The van der Waals surface area contributed by atoms with Gasteiger partial charge in [0.05, 0.1) is 12.0 Å². The summed E-state index contributed by atoms with van der Waals surface area (Å²) in [6, 6.07) is 0. The lowest BCUT2D eigenvalue weighted by Gasteiger charge is -2.33. The van der Waals surface area contributed by atoms with E-state index >= 15 is 0 Å². The van der Waals surface area contributed by atoms with Crippen molar-refractivity contribution in [2.24, 2.45) is 5.41 Å².